The van der Waals surface area contributed by atoms with Crippen LogP contribution in [-0.4, -0.2) is 18.3 Å². The highest BCUT2D eigenvalue weighted by Gasteiger charge is 2.24. The molecule has 4 nitrogen and oxygen atoms in total. The number of thiophene rings is 2. The molecule has 72 heavy (non-hydrogen) atoms. The molecule has 334 valence electrons. The number of hydrogen-bond acceptors (Lipinski definition) is 2. The quantitative estimate of drug-likeness (QED) is 0.168. The van der Waals surface area contributed by atoms with E-state index in [-0.39, 0.29) is 0 Å². The van der Waals surface area contributed by atoms with Gasteiger partial charge in [0.1, 0.15) is 0 Å². The molecule has 17 rings (SSSR count). The van der Waals surface area contributed by atoms with Crippen LogP contribution < -0.4 is 0 Å². The molecule has 17 aromatic rings. The van der Waals surface area contributed by atoms with Gasteiger partial charge in [-0.3, -0.25) is 0 Å². The van der Waals surface area contributed by atoms with Crippen molar-refractivity contribution in [2.45, 2.75) is 0 Å². The minimum atomic E-state index is 1.12. The summed E-state index contributed by atoms with van der Waals surface area (Å²) in [5, 5.41) is 15.2. The van der Waals surface area contributed by atoms with Crippen LogP contribution in [0.3, 0.4) is 0 Å². The summed E-state index contributed by atoms with van der Waals surface area (Å²) in [6.45, 7) is 0. The molecule has 0 N–H and O–H groups in total. The molecule has 0 bridgehead atoms. The molecule has 6 heterocycles. The maximum Gasteiger partial charge on any atom is 0.0788 e. The van der Waals surface area contributed by atoms with Crippen LogP contribution in [0.1, 0.15) is 0 Å². The van der Waals surface area contributed by atoms with Crippen LogP contribution in [0.2, 0.25) is 0 Å². The molecular weight excluding hydrogens is 913 g/mol. The molecule has 0 atom stereocenters. The highest BCUT2D eigenvalue weighted by molar-refractivity contribution is 7.26. The van der Waals surface area contributed by atoms with Crippen molar-refractivity contribution < 1.29 is 0 Å². The molecule has 11 aromatic carbocycles. The Kier molecular flexibility index (Phi) is 7.73. The molecule has 0 amide bonds. The van der Waals surface area contributed by atoms with Gasteiger partial charge in [0.25, 0.3) is 0 Å². The van der Waals surface area contributed by atoms with Crippen molar-refractivity contribution in [1.29, 1.82) is 0 Å². The van der Waals surface area contributed by atoms with Gasteiger partial charge in [-0.05, 0) is 103 Å². The Morgan fingerprint density at radius 2 is 0.556 bits per heavy atom. The minimum Gasteiger partial charge on any atom is -0.309 e. The Morgan fingerprint density at radius 1 is 0.208 bits per heavy atom. The maximum absolute atomic E-state index is 2.52. The van der Waals surface area contributed by atoms with Crippen molar-refractivity contribution in [2.24, 2.45) is 0 Å². The largest absolute Gasteiger partial charge is 0.309 e. The van der Waals surface area contributed by atoms with E-state index in [2.05, 4.69) is 249 Å². The summed E-state index contributed by atoms with van der Waals surface area (Å²) < 4.78 is 15.3. The molecule has 0 aliphatic rings. The fourth-order valence-electron chi connectivity index (χ4n) is 12.5. The molecule has 6 heteroatoms. The van der Waals surface area contributed by atoms with Crippen LogP contribution in [0.5, 0.6) is 0 Å². The van der Waals surface area contributed by atoms with Crippen LogP contribution in [-0.2, 0) is 0 Å². The number of benzene rings is 11. The first kappa shape index (κ1) is 38.9. The lowest BCUT2D eigenvalue weighted by atomic mass is 10.1. The van der Waals surface area contributed by atoms with E-state index in [0.29, 0.717) is 0 Å². The average molecular weight is 951 g/mol. The van der Waals surface area contributed by atoms with Crippen molar-refractivity contribution in [2.75, 3.05) is 0 Å². The van der Waals surface area contributed by atoms with Gasteiger partial charge >= 0.3 is 0 Å². The van der Waals surface area contributed by atoms with Gasteiger partial charge in [0.05, 0.1) is 44.1 Å². The summed E-state index contributed by atoms with van der Waals surface area (Å²) in [5.74, 6) is 0. The van der Waals surface area contributed by atoms with Gasteiger partial charge in [0, 0.05) is 106 Å². The van der Waals surface area contributed by atoms with Gasteiger partial charge in [-0.1, -0.05) is 127 Å². The number of aromatic nitrogens is 4. The van der Waals surface area contributed by atoms with Crippen LogP contribution >= 0.6 is 22.7 Å². The van der Waals surface area contributed by atoms with Crippen molar-refractivity contribution in [3.8, 4) is 22.7 Å². The molecule has 0 fully saturated rings. The van der Waals surface area contributed by atoms with Crippen LogP contribution in [0.15, 0.2) is 231 Å². The first-order valence-corrected chi connectivity index (χ1v) is 26.2. The summed E-state index contributed by atoms with van der Waals surface area (Å²) in [5.41, 5.74) is 14.2. The zero-order valence-corrected chi connectivity index (χ0v) is 40.2. The average Bonchev–Trinajstić information content (AvgIpc) is 4.29. The van der Waals surface area contributed by atoms with Crippen LogP contribution in [0, 0.1) is 0 Å². The molecule has 6 aromatic heterocycles. The lowest BCUT2D eigenvalue weighted by Gasteiger charge is -2.14. The van der Waals surface area contributed by atoms with E-state index in [4.69, 9.17) is 0 Å². The van der Waals surface area contributed by atoms with E-state index in [9.17, 15) is 0 Å². The normalized spacial score (nSPS) is 12.4. The summed E-state index contributed by atoms with van der Waals surface area (Å²) >= 11 is 3.73. The van der Waals surface area contributed by atoms with E-state index in [1.54, 1.807) is 0 Å². The second-order valence-corrected chi connectivity index (χ2v) is 21.4. The Labute approximate surface area is 419 Å². The van der Waals surface area contributed by atoms with Crippen LogP contribution in [0.4, 0.5) is 0 Å². The topological polar surface area (TPSA) is 19.7 Å². The van der Waals surface area contributed by atoms with Gasteiger partial charge in [-0.2, -0.15) is 0 Å². The van der Waals surface area contributed by atoms with Gasteiger partial charge in [0.2, 0.25) is 0 Å². The zero-order chi connectivity index (χ0) is 46.8. The first-order chi connectivity index (χ1) is 35.7. The van der Waals surface area contributed by atoms with E-state index in [1.807, 2.05) is 22.7 Å². The van der Waals surface area contributed by atoms with E-state index >= 15 is 0 Å². The first-order valence-electron chi connectivity index (χ1n) is 24.6. The zero-order valence-electron chi connectivity index (χ0n) is 38.5. The Morgan fingerprint density at radius 3 is 1.07 bits per heavy atom. The van der Waals surface area contributed by atoms with Gasteiger partial charge in [0.15, 0.2) is 0 Å². The number of para-hydroxylation sites is 4. The summed E-state index contributed by atoms with van der Waals surface area (Å²) in [7, 11) is 0. The second kappa shape index (κ2) is 14.3. The van der Waals surface area contributed by atoms with Gasteiger partial charge in [-0.25, -0.2) is 0 Å². The smallest absolute Gasteiger partial charge is 0.0788 e. The fourth-order valence-corrected chi connectivity index (χ4v) is 14.7. The second-order valence-electron chi connectivity index (χ2n) is 19.2. The van der Waals surface area contributed by atoms with Crippen LogP contribution in [0.25, 0.3) is 150 Å². The minimum absolute atomic E-state index is 1.12. The van der Waals surface area contributed by atoms with Gasteiger partial charge < -0.3 is 18.3 Å². The maximum atomic E-state index is 2.52. The lowest BCUT2D eigenvalue weighted by molar-refractivity contribution is 1.14. The third kappa shape index (κ3) is 5.14. The molecule has 0 saturated heterocycles. The van der Waals surface area contributed by atoms with E-state index < -0.39 is 0 Å². The number of rotatable bonds is 4. The standard InChI is InChI=1S/C66H38N4S2/c1-7-19-54-43(13-1)48-33-34-58-63(51-18-4-10-22-57(51)67(58)41-29-35-61-52(37-41)46-16-5-11-23-59(46)71-61)64(48)68(54)39-25-27-40(28-26-39)69-55-20-8-2-14-44(55)49-31-32-50-45-15-3-9-21-56(45)70(66(50)65(49)69)42-30-36-62-53(38-42)47-17-6-12-24-60(47)72-62/h1-38H. The fraction of sp³-hybridized carbons (Fsp3) is 0. The molecule has 0 spiro atoms. The molecule has 0 aliphatic carbocycles. The highest BCUT2D eigenvalue weighted by Crippen LogP contribution is 2.46. The van der Waals surface area contributed by atoms with Crippen molar-refractivity contribution >= 4 is 150 Å². The molecular formula is C66H38N4S2. The van der Waals surface area contributed by atoms with Crippen molar-refractivity contribution in [3.05, 3.63) is 231 Å². The molecule has 0 saturated carbocycles. The molecule has 0 radical (unpaired) electrons. The Bertz CT molecular complexity index is 5170. The summed E-state index contributed by atoms with van der Waals surface area (Å²) in [6, 6.07) is 86.0. The predicted molar refractivity (Wildman–Crippen MR) is 310 cm³/mol. The molecule has 0 unspecified atom stereocenters. The predicted octanol–water partition coefficient (Wildman–Crippen LogP) is 18.8. The van der Waals surface area contributed by atoms with E-state index in [0.717, 1.165) is 17.1 Å². The third-order valence-corrected chi connectivity index (χ3v) is 17.8. The third-order valence-electron chi connectivity index (χ3n) is 15.5. The summed E-state index contributed by atoms with van der Waals surface area (Å²) in [6.07, 6.45) is 0. The Balaban J connectivity index is 0.911. The lowest BCUT2D eigenvalue weighted by Crippen LogP contribution is -2.00. The SMILES string of the molecule is c1ccc2c(c1)sc1ccc(-n3c4ccccc4c4c3ccc3c5ccccc5n(-c5ccc(-n6c7ccccc7c7ccc8c9ccccc9n(-c9ccc%10sc%11ccccc%11c%10c9)c8c76)cc5)c34)cc12. The number of nitrogens with zero attached hydrogens (tertiary/aromatic N) is 4. The Hall–Kier alpha value is -8.94. The van der Waals surface area contributed by atoms with Gasteiger partial charge in [-0.15, -0.1) is 22.7 Å². The number of fused-ring (bicyclic) bond motifs is 20. The monoisotopic (exact) mass is 950 g/mol. The van der Waals surface area contributed by atoms with Crippen molar-refractivity contribution in [3.63, 3.8) is 0 Å². The molecule has 0 aliphatic heterocycles. The summed E-state index contributed by atoms with van der Waals surface area (Å²) in [4.78, 5) is 0. The number of hydrogen-bond donors (Lipinski definition) is 0. The highest BCUT2D eigenvalue weighted by atomic mass is 32.1. The van der Waals surface area contributed by atoms with Crippen molar-refractivity contribution in [1.82, 2.24) is 18.3 Å². The van der Waals surface area contributed by atoms with E-state index in [1.165, 1.54) is 133 Å².